The predicted octanol–water partition coefficient (Wildman–Crippen LogP) is 4.77. The van der Waals surface area contributed by atoms with Crippen molar-refractivity contribution in [1.29, 1.82) is 0 Å². The molecule has 4 rings (SSSR count). The van der Waals surface area contributed by atoms with Crippen molar-refractivity contribution >= 4 is 28.9 Å². The van der Waals surface area contributed by atoms with E-state index in [1.54, 1.807) is 6.20 Å². The largest absolute Gasteiger partial charge is 0.352 e. The maximum absolute atomic E-state index is 12.7. The second kappa shape index (κ2) is 9.53. The number of hydrogen-bond donors (Lipinski definition) is 2. The van der Waals surface area contributed by atoms with Crippen LogP contribution in [0, 0.1) is 6.92 Å². The van der Waals surface area contributed by atoms with E-state index >= 15 is 0 Å². The second-order valence-corrected chi connectivity index (χ2v) is 8.86. The van der Waals surface area contributed by atoms with Crippen LogP contribution >= 0.6 is 12.2 Å². The lowest BCUT2D eigenvalue weighted by atomic mass is 9.99. The van der Waals surface area contributed by atoms with Crippen LogP contribution in [0.5, 0.6) is 0 Å². The Morgan fingerprint density at radius 1 is 1.22 bits per heavy atom. The molecule has 3 aromatic rings. The minimum absolute atomic E-state index is 0.0295. The number of rotatable bonds is 7. The molecule has 2 atom stereocenters. The molecule has 0 saturated carbocycles. The van der Waals surface area contributed by atoms with Crippen molar-refractivity contribution in [1.82, 2.24) is 19.8 Å². The summed E-state index contributed by atoms with van der Waals surface area (Å²) in [5.41, 5.74) is 4.01. The van der Waals surface area contributed by atoms with Gasteiger partial charge >= 0.3 is 0 Å². The molecule has 1 amide bonds. The van der Waals surface area contributed by atoms with E-state index in [4.69, 9.17) is 12.2 Å². The number of amides is 1. The maximum atomic E-state index is 12.7. The summed E-state index contributed by atoms with van der Waals surface area (Å²) >= 11 is 5.70. The summed E-state index contributed by atoms with van der Waals surface area (Å²) in [6, 6.07) is 16.1. The van der Waals surface area contributed by atoms with Crippen LogP contribution in [0.25, 0.3) is 0 Å². The number of aryl methyl sites for hydroxylation is 1. The molecule has 0 unspecified atom stereocenters. The predicted molar refractivity (Wildman–Crippen MR) is 131 cm³/mol. The van der Waals surface area contributed by atoms with Crippen molar-refractivity contribution in [3.63, 3.8) is 0 Å². The van der Waals surface area contributed by atoms with Gasteiger partial charge in [-0.1, -0.05) is 18.2 Å². The van der Waals surface area contributed by atoms with Crippen molar-refractivity contribution in [3.8, 4) is 0 Å². The molecule has 0 bridgehead atoms. The summed E-state index contributed by atoms with van der Waals surface area (Å²) in [6.45, 7) is 6.84. The van der Waals surface area contributed by atoms with Gasteiger partial charge in [-0.25, -0.2) is 0 Å². The summed E-state index contributed by atoms with van der Waals surface area (Å²) in [7, 11) is 0. The number of pyridine rings is 1. The number of carbonyl (C=O) groups excluding carboxylic acids is 1. The first-order valence-corrected chi connectivity index (χ1v) is 11.3. The number of benzene rings is 1. The number of nitrogens with one attached hydrogen (secondary N) is 2. The normalized spacial score (nSPS) is 18.1. The molecule has 0 spiro atoms. The van der Waals surface area contributed by atoms with Gasteiger partial charge in [-0.05, 0) is 74.4 Å². The quantitative estimate of drug-likeness (QED) is 0.511. The molecule has 1 aromatic carbocycles. The first-order valence-electron chi connectivity index (χ1n) is 10.9. The zero-order chi connectivity index (χ0) is 22.7. The van der Waals surface area contributed by atoms with Crippen molar-refractivity contribution < 1.29 is 4.79 Å². The van der Waals surface area contributed by atoms with Gasteiger partial charge in [0.15, 0.2) is 5.11 Å². The monoisotopic (exact) mass is 447 g/mol. The number of hydrogen-bond acceptors (Lipinski definition) is 3. The minimum atomic E-state index is -0.0773. The van der Waals surface area contributed by atoms with E-state index in [-0.39, 0.29) is 18.0 Å². The Kier molecular flexibility index (Phi) is 6.55. The Morgan fingerprint density at radius 2 is 2.06 bits per heavy atom. The smallest absolute Gasteiger partial charge is 0.226 e. The van der Waals surface area contributed by atoms with Crippen LogP contribution in [0.2, 0.25) is 0 Å². The van der Waals surface area contributed by atoms with Crippen molar-refractivity contribution in [3.05, 3.63) is 83.9 Å². The Bertz CT molecular complexity index is 1090. The fourth-order valence-corrected chi connectivity index (χ4v) is 4.44. The molecular weight excluding hydrogens is 418 g/mol. The van der Waals surface area contributed by atoms with E-state index in [0.29, 0.717) is 24.1 Å². The molecule has 1 saturated heterocycles. The standard InChI is InChI=1S/C25H29N5OS/c1-17(2)29-13-10-19(16-29)24-23(21-9-4-5-12-26-21)28-25(32)30(24)14-11-22(31)27-20-8-6-7-18(3)15-20/h4-10,12-13,15-17,23-24H,11,14H2,1-3H3,(H,27,31)(H,28,32)/t23-,24-/m1/s1. The zero-order valence-electron chi connectivity index (χ0n) is 18.7. The lowest BCUT2D eigenvalue weighted by Crippen LogP contribution is -2.32. The number of aromatic nitrogens is 2. The number of nitrogens with zero attached hydrogens (tertiary/aromatic N) is 3. The van der Waals surface area contributed by atoms with Gasteiger partial charge in [0.25, 0.3) is 0 Å². The van der Waals surface area contributed by atoms with Crippen LogP contribution in [0.1, 0.15) is 55.2 Å². The Labute approximate surface area is 194 Å². The highest BCUT2D eigenvalue weighted by atomic mass is 32.1. The molecule has 1 fully saturated rings. The van der Waals surface area contributed by atoms with E-state index in [0.717, 1.165) is 22.5 Å². The molecule has 166 valence electrons. The van der Waals surface area contributed by atoms with Gasteiger partial charge < -0.3 is 20.1 Å². The topological polar surface area (TPSA) is 62.2 Å². The number of anilines is 1. The van der Waals surface area contributed by atoms with Gasteiger partial charge in [0.2, 0.25) is 5.91 Å². The van der Waals surface area contributed by atoms with Crippen molar-refractivity contribution in [2.45, 2.75) is 45.3 Å². The van der Waals surface area contributed by atoms with Crippen LogP contribution in [-0.2, 0) is 4.79 Å². The Balaban J connectivity index is 1.54. The van der Waals surface area contributed by atoms with Gasteiger partial charge in [-0.15, -0.1) is 0 Å². The first kappa shape index (κ1) is 22.0. The van der Waals surface area contributed by atoms with Crippen LogP contribution in [0.15, 0.2) is 67.1 Å². The van der Waals surface area contributed by atoms with E-state index in [1.807, 2.05) is 49.4 Å². The highest BCUT2D eigenvalue weighted by molar-refractivity contribution is 7.80. The number of carbonyl (C=O) groups is 1. The minimum Gasteiger partial charge on any atom is -0.352 e. The maximum Gasteiger partial charge on any atom is 0.226 e. The van der Waals surface area contributed by atoms with Gasteiger partial charge in [-0.3, -0.25) is 9.78 Å². The lowest BCUT2D eigenvalue weighted by Gasteiger charge is -2.27. The molecule has 32 heavy (non-hydrogen) atoms. The molecular formula is C25H29N5OS. The summed E-state index contributed by atoms with van der Waals surface area (Å²) in [6.07, 6.45) is 6.40. The van der Waals surface area contributed by atoms with E-state index in [9.17, 15) is 4.79 Å². The molecule has 0 radical (unpaired) electrons. The average molecular weight is 448 g/mol. The highest BCUT2D eigenvalue weighted by Gasteiger charge is 2.40. The molecule has 1 aliphatic heterocycles. The molecule has 2 aromatic heterocycles. The van der Waals surface area contributed by atoms with E-state index in [2.05, 4.69) is 57.4 Å². The van der Waals surface area contributed by atoms with Gasteiger partial charge in [0.05, 0.1) is 17.8 Å². The summed E-state index contributed by atoms with van der Waals surface area (Å²) in [4.78, 5) is 19.3. The van der Waals surface area contributed by atoms with Crippen molar-refractivity contribution in [2.24, 2.45) is 0 Å². The number of thiocarbonyl (C=S) groups is 1. The Hall–Kier alpha value is -3.19. The Morgan fingerprint density at radius 3 is 2.75 bits per heavy atom. The lowest BCUT2D eigenvalue weighted by molar-refractivity contribution is -0.116. The second-order valence-electron chi connectivity index (χ2n) is 8.47. The van der Waals surface area contributed by atoms with Crippen LogP contribution in [0.3, 0.4) is 0 Å². The molecule has 0 aliphatic carbocycles. The third-order valence-corrected chi connectivity index (χ3v) is 6.11. The first-order chi connectivity index (χ1) is 15.4. The fourth-order valence-electron chi connectivity index (χ4n) is 4.10. The summed E-state index contributed by atoms with van der Waals surface area (Å²) in [5, 5.41) is 7.08. The van der Waals surface area contributed by atoms with Crippen LogP contribution in [0.4, 0.5) is 5.69 Å². The van der Waals surface area contributed by atoms with Gasteiger partial charge in [0, 0.05) is 43.3 Å². The van der Waals surface area contributed by atoms with Crippen molar-refractivity contribution in [2.75, 3.05) is 11.9 Å². The molecule has 2 N–H and O–H groups in total. The highest BCUT2D eigenvalue weighted by Crippen LogP contribution is 2.39. The van der Waals surface area contributed by atoms with E-state index in [1.165, 1.54) is 0 Å². The average Bonchev–Trinajstić information content (AvgIpc) is 3.37. The van der Waals surface area contributed by atoms with Gasteiger partial charge in [0.1, 0.15) is 0 Å². The molecule has 7 heteroatoms. The van der Waals surface area contributed by atoms with Crippen LogP contribution < -0.4 is 10.6 Å². The van der Waals surface area contributed by atoms with E-state index < -0.39 is 0 Å². The van der Waals surface area contributed by atoms with Crippen LogP contribution in [-0.4, -0.2) is 32.0 Å². The third kappa shape index (κ3) is 4.83. The fraction of sp³-hybridized carbons (Fsp3) is 0.320. The molecule has 1 aliphatic rings. The summed E-state index contributed by atoms with van der Waals surface area (Å²) in [5.74, 6) is -0.0295. The molecule has 6 nitrogen and oxygen atoms in total. The summed E-state index contributed by atoms with van der Waals surface area (Å²) < 4.78 is 2.19. The zero-order valence-corrected chi connectivity index (χ0v) is 19.5. The third-order valence-electron chi connectivity index (χ3n) is 5.75. The SMILES string of the molecule is Cc1cccc(NC(=O)CCN2C(=S)N[C@H](c3ccccn3)[C@H]2c2ccn(C(C)C)c2)c1. The molecule has 3 heterocycles. The van der Waals surface area contributed by atoms with Gasteiger partial charge in [-0.2, -0.15) is 0 Å².